The topological polar surface area (TPSA) is 60.2 Å². The third-order valence-corrected chi connectivity index (χ3v) is 5.70. The third-order valence-electron chi connectivity index (χ3n) is 5.70. The molecule has 2 aliphatic rings. The van der Waals surface area contributed by atoms with E-state index in [1.165, 1.54) is 6.07 Å². The quantitative estimate of drug-likeness (QED) is 0.740. The van der Waals surface area contributed by atoms with Crippen molar-refractivity contribution in [2.45, 2.75) is 45.3 Å². The summed E-state index contributed by atoms with van der Waals surface area (Å²) in [5, 5.41) is 8.35. The highest BCUT2D eigenvalue weighted by molar-refractivity contribution is 5.84. The van der Waals surface area contributed by atoms with E-state index in [2.05, 4.69) is 22.5 Å². The molecule has 4 rings (SSSR count). The number of para-hydroxylation sites is 1. The van der Waals surface area contributed by atoms with Crippen LogP contribution in [-0.2, 0) is 11.4 Å². The number of hydrogen-bond donors (Lipinski definition) is 0. The Morgan fingerprint density at radius 3 is 2.82 bits per heavy atom. The monoisotopic (exact) mass is 384 g/mol. The molecule has 0 N–H and O–H groups in total. The van der Waals surface area contributed by atoms with Gasteiger partial charge < -0.3 is 9.64 Å². The van der Waals surface area contributed by atoms with Gasteiger partial charge in [-0.2, -0.15) is 0 Å². The van der Waals surface area contributed by atoms with Gasteiger partial charge in [0.25, 0.3) is 0 Å². The molecule has 1 unspecified atom stereocenters. The molecule has 6 nitrogen and oxygen atoms in total. The summed E-state index contributed by atoms with van der Waals surface area (Å²) in [4.78, 5) is 14.8. The van der Waals surface area contributed by atoms with Gasteiger partial charge >= 0.3 is 0 Å². The Bertz CT molecular complexity index is 873. The number of hydrogen-bond acceptors (Lipinski definition) is 4. The van der Waals surface area contributed by atoms with E-state index in [0.29, 0.717) is 5.69 Å². The lowest BCUT2D eigenvalue weighted by Crippen LogP contribution is -2.45. The number of nitrogens with zero attached hydrogens (tertiary/aromatic N) is 4. The lowest BCUT2D eigenvalue weighted by Gasteiger charge is -2.36. The Balaban J connectivity index is 1.31. The lowest BCUT2D eigenvalue weighted by atomic mass is 9.87. The van der Waals surface area contributed by atoms with Gasteiger partial charge in [0.2, 0.25) is 5.91 Å². The van der Waals surface area contributed by atoms with Crippen molar-refractivity contribution in [1.82, 2.24) is 19.9 Å². The van der Waals surface area contributed by atoms with Gasteiger partial charge in [-0.15, -0.1) is 5.10 Å². The normalized spacial score (nSPS) is 22.6. The average Bonchev–Trinajstić information content (AvgIpc) is 3.37. The van der Waals surface area contributed by atoms with Crippen molar-refractivity contribution in [3.63, 3.8) is 0 Å². The van der Waals surface area contributed by atoms with Crippen LogP contribution in [0.25, 0.3) is 0 Å². The van der Waals surface area contributed by atoms with Crippen molar-refractivity contribution in [2.24, 2.45) is 5.41 Å². The van der Waals surface area contributed by atoms with E-state index in [1.54, 1.807) is 18.2 Å². The van der Waals surface area contributed by atoms with Gasteiger partial charge in [-0.05, 0) is 44.7 Å². The minimum absolute atomic E-state index is 0.170. The number of rotatable bonds is 5. The van der Waals surface area contributed by atoms with E-state index in [4.69, 9.17) is 4.74 Å². The highest BCUT2D eigenvalue weighted by Crippen LogP contribution is 2.35. The first-order valence-corrected chi connectivity index (χ1v) is 9.80. The summed E-state index contributed by atoms with van der Waals surface area (Å²) in [6, 6.07) is 6.52. The zero-order valence-electron chi connectivity index (χ0n) is 16.1. The molecule has 2 heterocycles. The highest BCUT2D eigenvalue weighted by Gasteiger charge is 2.37. The van der Waals surface area contributed by atoms with E-state index in [9.17, 15) is 9.18 Å². The summed E-state index contributed by atoms with van der Waals surface area (Å²) >= 11 is 0. The van der Waals surface area contributed by atoms with E-state index in [-0.39, 0.29) is 29.7 Å². The second kappa shape index (κ2) is 7.73. The van der Waals surface area contributed by atoms with Gasteiger partial charge in [0.15, 0.2) is 11.6 Å². The van der Waals surface area contributed by atoms with Gasteiger partial charge in [0.1, 0.15) is 12.3 Å². The summed E-state index contributed by atoms with van der Waals surface area (Å²) in [7, 11) is 0. The fourth-order valence-electron chi connectivity index (χ4n) is 3.95. The second-order valence-electron chi connectivity index (χ2n) is 7.79. The van der Waals surface area contributed by atoms with Crippen LogP contribution in [0, 0.1) is 11.2 Å². The Labute approximate surface area is 164 Å². The first-order chi connectivity index (χ1) is 13.5. The van der Waals surface area contributed by atoms with Crippen LogP contribution in [0.2, 0.25) is 0 Å². The zero-order chi connectivity index (χ0) is 19.6. The molecule has 148 valence electrons. The van der Waals surface area contributed by atoms with Crippen LogP contribution in [0.15, 0.2) is 42.6 Å². The van der Waals surface area contributed by atoms with Crippen LogP contribution in [-0.4, -0.2) is 38.9 Å². The van der Waals surface area contributed by atoms with Crippen molar-refractivity contribution in [1.29, 1.82) is 0 Å². The molecule has 2 aromatic rings. The second-order valence-corrected chi connectivity index (χ2v) is 7.79. The maximum atomic E-state index is 13.6. The number of ether oxygens (including phenoxy) is 1. The average molecular weight is 384 g/mol. The van der Waals surface area contributed by atoms with Crippen molar-refractivity contribution in [3.05, 3.63) is 54.1 Å². The standard InChI is InChI=1S/C21H25FN4O2/c1-21(10-4-5-11-21)20(27)25-12-8-17(9-13-25)26-14-16(23-24-26)15-28-19-7-3-2-6-18(19)22/h2-4,6-7,10,14,17H,5,8-9,11-13,15H2,1H3. The highest BCUT2D eigenvalue weighted by atomic mass is 19.1. The molecule has 1 atom stereocenters. The largest absolute Gasteiger partial charge is 0.484 e. The van der Waals surface area contributed by atoms with Gasteiger partial charge in [0, 0.05) is 13.1 Å². The molecule has 1 aliphatic heterocycles. The smallest absolute Gasteiger partial charge is 0.232 e. The lowest BCUT2D eigenvalue weighted by molar-refractivity contribution is -0.140. The predicted octanol–water partition coefficient (Wildman–Crippen LogP) is 3.52. The summed E-state index contributed by atoms with van der Waals surface area (Å²) in [5.41, 5.74) is 0.322. The molecular formula is C21H25FN4O2. The van der Waals surface area contributed by atoms with Crippen molar-refractivity contribution in [3.8, 4) is 5.75 Å². The molecule has 1 amide bonds. The van der Waals surface area contributed by atoms with Gasteiger partial charge in [-0.1, -0.05) is 29.5 Å². The molecule has 0 spiro atoms. The van der Waals surface area contributed by atoms with Crippen LogP contribution >= 0.6 is 0 Å². The van der Waals surface area contributed by atoms with E-state index >= 15 is 0 Å². The zero-order valence-corrected chi connectivity index (χ0v) is 16.1. The molecule has 1 fully saturated rings. The van der Waals surface area contributed by atoms with Crippen LogP contribution in [0.3, 0.4) is 0 Å². The van der Waals surface area contributed by atoms with Crippen LogP contribution < -0.4 is 4.74 Å². The third kappa shape index (κ3) is 3.79. The van der Waals surface area contributed by atoms with Crippen molar-refractivity contribution in [2.75, 3.05) is 13.1 Å². The Hall–Kier alpha value is -2.70. The summed E-state index contributed by atoms with van der Waals surface area (Å²) < 4.78 is 21.0. The Kier molecular flexibility index (Phi) is 5.15. The Morgan fingerprint density at radius 1 is 1.32 bits per heavy atom. The summed E-state index contributed by atoms with van der Waals surface area (Å²) in [6.07, 6.45) is 9.59. The molecule has 1 saturated heterocycles. The molecular weight excluding hydrogens is 359 g/mol. The molecule has 1 aromatic carbocycles. The Morgan fingerprint density at radius 2 is 2.11 bits per heavy atom. The van der Waals surface area contributed by atoms with Crippen LogP contribution in [0.1, 0.15) is 44.3 Å². The minimum Gasteiger partial charge on any atom is -0.484 e. The number of halogens is 1. The fraction of sp³-hybridized carbons (Fsp3) is 0.476. The van der Waals surface area contributed by atoms with Crippen LogP contribution in [0.5, 0.6) is 5.75 Å². The number of amides is 1. The molecule has 28 heavy (non-hydrogen) atoms. The molecule has 0 saturated carbocycles. The van der Waals surface area contributed by atoms with Gasteiger partial charge in [-0.3, -0.25) is 4.79 Å². The summed E-state index contributed by atoms with van der Waals surface area (Å²) in [5.74, 6) is 0.0494. The summed E-state index contributed by atoms with van der Waals surface area (Å²) in [6.45, 7) is 3.66. The number of benzene rings is 1. The number of likely N-dealkylation sites (tertiary alicyclic amines) is 1. The van der Waals surface area contributed by atoms with E-state index in [0.717, 1.165) is 38.8 Å². The van der Waals surface area contributed by atoms with Crippen LogP contribution in [0.4, 0.5) is 4.39 Å². The minimum atomic E-state index is -0.391. The number of piperidine rings is 1. The maximum Gasteiger partial charge on any atom is 0.232 e. The van der Waals surface area contributed by atoms with Gasteiger partial charge in [0.05, 0.1) is 17.7 Å². The number of carbonyl (C=O) groups excluding carboxylic acids is 1. The molecule has 0 bridgehead atoms. The number of aromatic nitrogens is 3. The molecule has 0 radical (unpaired) electrons. The van der Waals surface area contributed by atoms with Gasteiger partial charge in [-0.25, -0.2) is 9.07 Å². The molecule has 1 aromatic heterocycles. The van der Waals surface area contributed by atoms with Crippen molar-refractivity contribution >= 4 is 5.91 Å². The van der Waals surface area contributed by atoms with E-state index in [1.807, 2.05) is 22.7 Å². The first kappa shape index (κ1) is 18.7. The maximum absolute atomic E-state index is 13.6. The van der Waals surface area contributed by atoms with E-state index < -0.39 is 5.82 Å². The predicted molar refractivity (Wildman–Crippen MR) is 102 cm³/mol. The fourth-order valence-corrected chi connectivity index (χ4v) is 3.95. The first-order valence-electron chi connectivity index (χ1n) is 9.80. The van der Waals surface area contributed by atoms with Crippen molar-refractivity contribution < 1.29 is 13.9 Å². The number of allylic oxidation sites excluding steroid dienone is 1. The molecule has 1 aliphatic carbocycles. The SMILES string of the molecule is CC1(C(=O)N2CCC(n3cc(COc4ccccc4F)nn3)CC2)C=CCC1. The molecule has 7 heteroatoms. The number of carbonyl (C=O) groups is 1.